The molecule has 0 heteroatoms. The third-order valence-corrected chi connectivity index (χ3v) is 5.78. The Labute approximate surface area is 117 Å². The van der Waals surface area contributed by atoms with Gasteiger partial charge in [0.2, 0.25) is 0 Å². The number of fused-ring (bicyclic) bond motifs is 3. The minimum atomic E-state index is 0.881. The van der Waals surface area contributed by atoms with Crippen LogP contribution in [0.25, 0.3) is 0 Å². The Morgan fingerprint density at radius 3 is 2.63 bits per heavy atom. The topological polar surface area (TPSA) is 0 Å². The molecule has 3 unspecified atom stereocenters. The molecule has 0 heterocycles. The maximum absolute atomic E-state index is 2.45. The average Bonchev–Trinajstić information content (AvgIpc) is 2.84. The van der Waals surface area contributed by atoms with E-state index >= 15 is 0 Å². The highest BCUT2D eigenvalue weighted by Crippen LogP contribution is 2.56. The molecule has 0 saturated heterocycles. The van der Waals surface area contributed by atoms with Crippen molar-refractivity contribution in [2.24, 2.45) is 17.8 Å². The van der Waals surface area contributed by atoms with Gasteiger partial charge in [-0.1, -0.05) is 56.1 Å². The van der Waals surface area contributed by atoms with Gasteiger partial charge >= 0.3 is 0 Å². The largest absolute Gasteiger partial charge is 0.0622 e. The molecule has 0 spiro atoms. The van der Waals surface area contributed by atoms with Crippen molar-refractivity contribution in [1.82, 2.24) is 0 Å². The van der Waals surface area contributed by atoms with Gasteiger partial charge in [-0.25, -0.2) is 0 Å². The first-order chi connectivity index (χ1) is 9.45. The van der Waals surface area contributed by atoms with Crippen molar-refractivity contribution in [3.8, 4) is 0 Å². The summed E-state index contributed by atoms with van der Waals surface area (Å²) < 4.78 is 0. The summed E-state index contributed by atoms with van der Waals surface area (Å²) in [7, 11) is 0. The molecule has 4 aliphatic rings. The van der Waals surface area contributed by atoms with Gasteiger partial charge in [0.1, 0.15) is 0 Å². The van der Waals surface area contributed by atoms with Crippen molar-refractivity contribution in [3.05, 3.63) is 47.1 Å². The van der Waals surface area contributed by atoms with Crippen LogP contribution in [0.4, 0.5) is 0 Å². The molecule has 0 bridgehead atoms. The van der Waals surface area contributed by atoms with Gasteiger partial charge in [0, 0.05) is 0 Å². The van der Waals surface area contributed by atoms with Crippen molar-refractivity contribution in [3.63, 3.8) is 0 Å². The van der Waals surface area contributed by atoms with E-state index in [4.69, 9.17) is 0 Å². The minimum absolute atomic E-state index is 0.881. The first-order valence-corrected chi connectivity index (χ1v) is 8.23. The Bertz CT molecular complexity index is 486. The summed E-state index contributed by atoms with van der Waals surface area (Å²) in [4.78, 5) is 0. The first-order valence-electron chi connectivity index (χ1n) is 8.23. The van der Waals surface area contributed by atoms with E-state index in [9.17, 15) is 0 Å². The maximum atomic E-state index is 2.45. The first kappa shape index (κ1) is 11.8. The molecule has 4 rings (SSSR count). The standard InChI is InChI=1S/C19H24/c1-2-6-10-16-15(9-5-1)17-11-7-3-4-8-14-12-13-18(16)19(14)17/h3-4,7-8,11,15-16,18H,1-2,5-6,9-10,12-13H2/b4-3-,7-3?,8-4?,11-7-,14-8-,17-11?. The fraction of sp³-hybridized carbons (Fsp3) is 0.579. The van der Waals surface area contributed by atoms with Gasteiger partial charge in [-0.2, -0.15) is 0 Å². The molecular weight excluding hydrogens is 228 g/mol. The maximum Gasteiger partial charge on any atom is -0.0119 e. The summed E-state index contributed by atoms with van der Waals surface area (Å²) in [6.07, 6.45) is 23.1. The Morgan fingerprint density at radius 2 is 1.68 bits per heavy atom. The molecule has 0 aliphatic heterocycles. The molecule has 100 valence electrons. The minimum Gasteiger partial charge on any atom is -0.0622 e. The van der Waals surface area contributed by atoms with Crippen LogP contribution >= 0.6 is 0 Å². The fourth-order valence-electron chi connectivity index (χ4n) is 5.02. The monoisotopic (exact) mass is 252 g/mol. The average molecular weight is 252 g/mol. The Hall–Kier alpha value is -1.04. The van der Waals surface area contributed by atoms with E-state index in [0.717, 1.165) is 17.8 Å². The van der Waals surface area contributed by atoms with Gasteiger partial charge in [-0.3, -0.25) is 0 Å². The van der Waals surface area contributed by atoms with Crippen molar-refractivity contribution < 1.29 is 0 Å². The summed E-state index contributed by atoms with van der Waals surface area (Å²) in [5, 5.41) is 0. The second kappa shape index (κ2) is 4.81. The molecule has 0 aromatic rings. The normalized spacial score (nSPS) is 43.2. The zero-order chi connectivity index (χ0) is 12.7. The second-order valence-electron chi connectivity index (χ2n) is 6.71. The zero-order valence-corrected chi connectivity index (χ0v) is 11.8. The molecule has 0 radical (unpaired) electrons. The summed E-state index contributed by atoms with van der Waals surface area (Å²) in [5.41, 5.74) is 5.16. The molecule has 2 fully saturated rings. The van der Waals surface area contributed by atoms with Crippen molar-refractivity contribution in [2.45, 2.75) is 51.4 Å². The van der Waals surface area contributed by atoms with E-state index in [1.54, 1.807) is 16.7 Å². The number of hydrogen-bond acceptors (Lipinski definition) is 0. The van der Waals surface area contributed by atoms with Crippen LogP contribution in [0, 0.1) is 17.8 Å². The highest BCUT2D eigenvalue weighted by molar-refractivity contribution is 5.52. The van der Waals surface area contributed by atoms with E-state index in [1.165, 1.54) is 51.4 Å². The second-order valence-corrected chi connectivity index (χ2v) is 6.71. The number of rotatable bonds is 0. The van der Waals surface area contributed by atoms with Crippen LogP contribution in [-0.2, 0) is 0 Å². The Morgan fingerprint density at radius 1 is 0.789 bits per heavy atom. The third kappa shape index (κ3) is 1.88. The smallest absolute Gasteiger partial charge is 0.0119 e. The van der Waals surface area contributed by atoms with Gasteiger partial charge in [0.05, 0.1) is 0 Å². The van der Waals surface area contributed by atoms with Crippen LogP contribution < -0.4 is 0 Å². The lowest BCUT2D eigenvalue weighted by Gasteiger charge is -2.28. The molecule has 0 aromatic heterocycles. The van der Waals surface area contributed by atoms with Crippen LogP contribution in [-0.4, -0.2) is 0 Å². The Kier molecular flexibility index (Phi) is 2.98. The lowest BCUT2D eigenvalue weighted by Crippen LogP contribution is -2.18. The molecule has 0 nitrogen and oxygen atoms in total. The molecule has 0 N–H and O–H groups in total. The van der Waals surface area contributed by atoms with E-state index in [1.807, 2.05) is 0 Å². The lowest BCUT2D eigenvalue weighted by molar-refractivity contribution is 0.260. The van der Waals surface area contributed by atoms with Gasteiger partial charge in [0.15, 0.2) is 0 Å². The van der Waals surface area contributed by atoms with E-state index < -0.39 is 0 Å². The summed E-state index contributed by atoms with van der Waals surface area (Å²) in [6.45, 7) is 0. The third-order valence-electron chi connectivity index (χ3n) is 5.78. The van der Waals surface area contributed by atoms with Crippen LogP contribution in [0.15, 0.2) is 47.1 Å². The van der Waals surface area contributed by atoms with Crippen molar-refractivity contribution in [1.29, 1.82) is 0 Å². The molecule has 4 aliphatic carbocycles. The van der Waals surface area contributed by atoms with Crippen LogP contribution in [0.1, 0.15) is 51.4 Å². The van der Waals surface area contributed by atoms with Gasteiger partial charge in [-0.15, -0.1) is 0 Å². The predicted octanol–water partition coefficient (Wildman–Crippen LogP) is 5.35. The summed E-state index contributed by atoms with van der Waals surface area (Å²) in [6, 6.07) is 0. The number of allylic oxidation sites excluding steroid dienone is 8. The molecule has 3 atom stereocenters. The molecule has 19 heavy (non-hydrogen) atoms. The molecule has 0 aromatic carbocycles. The zero-order valence-electron chi connectivity index (χ0n) is 11.8. The quantitative estimate of drug-likeness (QED) is 0.545. The lowest BCUT2D eigenvalue weighted by atomic mass is 9.77. The molecule has 0 amide bonds. The molecule has 2 saturated carbocycles. The fourth-order valence-corrected chi connectivity index (χ4v) is 5.02. The van der Waals surface area contributed by atoms with E-state index in [-0.39, 0.29) is 0 Å². The van der Waals surface area contributed by atoms with E-state index in [0.29, 0.717) is 0 Å². The predicted molar refractivity (Wildman–Crippen MR) is 80.8 cm³/mol. The number of hydrogen-bond donors (Lipinski definition) is 0. The van der Waals surface area contributed by atoms with Gasteiger partial charge in [0.25, 0.3) is 0 Å². The van der Waals surface area contributed by atoms with Crippen LogP contribution in [0.5, 0.6) is 0 Å². The van der Waals surface area contributed by atoms with Crippen molar-refractivity contribution in [2.75, 3.05) is 0 Å². The van der Waals surface area contributed by atoms with Gasteiger partial charge in [-0.05, 0) is 60.2 Å². The SMILES string of the molecule is C1=C\C=C2\CCC3C2=C(\C=C/1)C1CCCCCCC13. The van der Waals surface area contributed by atoms with Crippen LogP contribution in [0.3, 0.4) is 0 Å². The van der Waals surface area contributed by atoms with Crippen LogP contribution in [0.2, 0.25) is 0 Å². The van der Waals surface area contributed by atoms with Crippen molar-refractivity contribution >= 4 is 0 Å². The van der Waals surface area contributed by atoms with Gasteiger partial charge < -0.3 is 0 Å². The highest BCUT2D eigenvalue weighted by Gasteiger charge is 2.44. The summed E-state index contributed by atoms with van der Waals surface area (Å²) >= 11 is 0. The Balaban J connectivity index is 1.77. The summed E-state index contributed by atoms with van der Waals surface area (Å²) in [5.74, 6) is 2.76. The van der Waals surface area contributed by atoms with E-state index in [2.05, 4.69) is 30.4 Å². The molecular formula is C19H24. The highest BCUT2D eigenvalue weighted by atomic mass is 14.5.